The number of hydrogen-bond donors (Lipinski definition) is 1. The quantitative estimate of drug-likeness (QED) is 0.515. The van der Waals surface area contributed by atoms with Gasteiger partial charge in [-0.05, 0) is 18.2 Å². The van der Waals surface area contributed by atoms with Gasteiger partial charge in [0, 0.05) is 21.4 Å². The molecule has 4 aromatic rings. The number of halogens is 1. The van der Waals surface area contributed by atoms with Crippen molar-refractivity contribution < 1.29 is 9.21 Å². The summed E-state index contributed by atoms with van der Waals surface area (Å²) in [6.45, 7) is 0. The van der Waals surface area contributed by atoms with E-state index >= 15 is 0 Å². The minimum atomic E-state index is -0.691. The first kappa shape index (κ1) is 16.5. The average molecular weight is 383 g/mol. The Hall–Kier alpha value is -2.96. The lowest BCUT2D eigenvalue weighted by atomic mass is 10.2. The molecule has 2 heterocycles. The monoisotopic (exact) mass is 382 g/mol. The van der Waals surface area contributed by atoms with Crippen molar-refractivity contribution in [3.63, 3.8) is 0 Å². The molecule has 128 valence electrons. The molecule has 0 saturated carbocycles. The van der Waals surface area contributed by atoms with Gasteiger partial charge < -0.3 is 4.42 Å². The molecule has 0 aliphatic rings. The van der Waals surface area contributed by atoms with Gasteiger partial charge in [-0.2, -0.15) is 0 Å². The van der Waals surface area contributed by atoms with E-state index in [0.29, 0.717) is 26.8 Å². The number of carbonyl (C=O) groups is 1. The van der Waals surface area contributed by atoms with Crippen LogP contribution in [0, 0.1) is 0 Å². The number of amides is 1. The van der Waals surface area contributed by atoms with Crippen LogP contribution in [-0.2, 0) is 0 Å². The Morgan fingerprint density at radius 2 is 1.88 bits per heavy atom. The number of nitrogens with one attached hydrogen (secondary N) is 1. The van der Waals surface area contributed by atoms with Gasteiger partial charge in [0.25, 0.3) is 5.91 Å². The first-order chi connectivity index (χ1) is 12.6. The van der Waals surface area contributed by atoms with Crippen molar-refractivity contribution in [2.45, 2.75) is 0 Å². The molecule has 26 heavy (non-hydrogen) atoms. The molecular formula is C19H11ClN2O3S. The van der Waals surface area contributed by atoms with E-state index in [9.17, 15) is 9.59 Å². The molecule has 1 N–H and O–H groups in total. The molecule has 0 bridgehead atoms. The van der Waals surface area contributed by atoms with E-state index in [1.54, 1.807) is 35.7 Å². The van der Waals surface area contributed by atoms with Gasteiger partial charge in [-0.1, -0.05) is 48.0 Å². The number of rotatable bonds is 3. The summed E-state index contributed by atoms with van der Waals surface area (Å²) in [5.41, 5.74) is 1.10. The van der Waals surface area contributed by atoms with E-state index in [0.717, 1.165) is 5.56 Å². The van der Waals surface area contributed by atoms with Crippen molar-refractivity contribution in [3.8, 4) is 11.3 Å². The molecule has 0 aliphatic heterocycles. The number of anilines is 1. The Bertz CT molecular complexity index is 1180. The summed E-state index contributed by atoms with van der Waals surface area (Å²) >= 11 is 7.42. The fourth-order valence-electron chi connectivity index (χ4n) is 2.51. The fourth-order valence-corrected chi connectivity index (χ4v) is 3.45. The third-order valence-electron chi connectivity index (χ3n) is 3.76. The van der Waals surface area contributed by atoms with Gasteiger partial charge in [0.15, 0.2) is 5.13 Å². The molecular weight excluding hydrogens is 372 g/mol. The summed E-state index contributed by atoms with van der Waals surface area (Å²) in [4.78, 5) is 28.9. The number of carbonyl (C=O) groups excluding carboxylic acids is 1. The average Bonchev–Trinajstić information content (AvgIpc) is 3.09. The van der Waals surface area contributed by atoms with Crippen LogP contribution < -0.4 is 10.9 Å². The van der Waals surface area contributed by atoms with Gasteiger partial charge in [-0.15, -0.1) is 11.3 Å². The van der Waals surface area contributed by atoms with Crippen LogP contribution in [0.2, 0.25) is 5.02 Å². The first-order valence-corrected chi connectivity index (χ1v) is 8.92. The summed E-state index contributed by atoms with van der Waals surface area (Å²) < 4.78 is 5.19. The zero-order chi connectivity index (χ0) is 18.1. The largest absolute Gasteiger partial charge is 0.422 e. The molecule has 0 radical (unpaired) electrons. The number of fused-ring (bicyclic) bond motifs is 1. The zero-order valence-electron chi connectivity index (χ0n) is 13.2. The summed E-state index contributed by atoms with van der Waals surface area (Å²) in [5.74, 6) is -0.565. The Kier molecular flexibility index (Phi) is 4.28. The second-order valence-electron chi connectivity index (χ2n) is 5.46. The standard InChI is InChI=1S/C19H11ClN2O3S/c20-14-7-3-2-6-12(14)15-10-26-19(21-15)22-17(23)13-9-11-5-1-4-8-16(11)25-18(13)24/h1-10H,(H,21,22,23). The minimum Gasteiger partial charge on any atom is -0.422 e. The SMILES string of the molecule is O=C(Nc1nc(-c2ccccc2Cl)cs1)c1cc2ccccc2oc1=O. The van der Waals surface area contributed by atoms with Crippen LogP contribution in [0.25, 0.3) is 22.2 Å². The Morgan fingerprint density at radius 1 is 1.12 bits per heavy atom. The normalized spacial score (nSPS) is 10.8. The summed E-state index contributed by atoms with van der Waals surface area (Å²) in [6, 6.07) is 15.8. The Morgan fingerprint density at radius 3 is 2.73 bits per heavy atom. The van der Waals surface area contributed by atoms with Crippen LogP contribution in [0.5, 0.6) is 0 Å². The van der Waals surface area contributed by atoms with Crippen molar-refractivity contribution in [1.29, 1.82) is 0 Å². The van der Waals surface area contributed by atoms with Crippen LogP contribution in [-0.4, -0.2) is 10.9 Å². The van der Waals surface area contributed by atoms with Crippen molar-refractivity contribution in [3.05, 3.63) is 81.0 Å². The number of aromatic nitrogens is 1. The topological polar surface area (TPSA) is 72.2 Å². The van der Waals surface area contributed by atoms with Gasteiger partial charge in [-0.3, -0.25) is 10.1 Å². The first-order valence-electron chi connectivity index (χ1n) is 7.66. The van der Waals surface area contributed by atoms with Crippen molar-refractivity contribution in [2.75, 3.05) is 5.32 Å². The predicted octanol–water partition coefficient (Wildman–Crippen LogP) is 4.82. The van der Waals surface area contributed by atoms with E-state index in [4.69, 9.17) is 16.0 Å². The van der Waals surface area contributed by atoms with Gasteiger partial charge in [-0.25, -0.2) is 9.78 Å². The second-order valence-corrected chi connectivity index (χ2v) is 6.72. The third kappa shape index (κ3) is 3.12. The molecule has 0 aliphatic carbocycles. The molecule has 0 atom stereocenters. The summed E-state index contributed by atoms with van der Waals surface area (Å²) in [7, 11) is 0. The predicted molar refractivity (Wildman–Crippen MR) is 103 cm³/mol. The highest BCUT2D eigenvalue weighted by Gasteiger charge is 2.16. The number of benzene rings is 2. The molecule has 2 aromatic carbocycles. The van der Waals surface area contributed by atoms with Gasteiger partial charge >= 0.3 is 5.63 Å². The lowest BCUT2D eigenvalue weighted by Gasteiger charge is -2.02. The number of hydrogen-bond acceptors (Lipinski definition) is 5. The number of para-hydroxylation sites is 1. The van der Waals surface area contributed by atoms with Crippen LogP contribution >= 0.6 is 22.9 Å². The number of nitrogens with zero attached hydrogens (tertiary/aromatic N) is 1. The number of thiazole rings is 1. The van der Waals surface area contributed by atoms with Gasteiger partial charge in [0.05, 0.1) is 5.69 Å². The van der Waals surface area contributed by atoms with Gasteiger partial charge in [0.2, 0.25) is 0 Å². The Balaban J connectivity index is 1.62. The smallest absolute Gasteiger partial charge is 0.349 e. The van der Waals surface area contributed by atoms with Crippen LogP contribution in [0.15, 0.2) is 69.2 Å². The van der Waals surface area contributed by atoms with Crippen molar-refractivity contribution in [1.82, 2.24) is 4.98 Å². The second kappa shape index (κ2) is 6.74. The van der Waals surface area contributed by atoms with Crippen LogP contribution in [0.3, 0.4) is 0 Å². The maximum absolute atomic E-state index is 12.5. The summed E-state index contributed by atoms with van der Waals surface area (Å²) in [5, 5.41) is 6.05. The van der Waals surface area contributed by atoms with Crippen molar-refractivity contribution in [2.24, 2.45) is 0 Å². The van der Waals surface area contributed by atoms with E-state index in [2.05, 4.69) is 10.3 Å². The van der Waals surface area contributed by atoms with E-state index in [1.165, 1.54) is 17.4 Å². The highest BCUT2D eigenvalue weighted by atomic mass is 35.5. The van der Waals surface area contributed by atoms with E-state index in [-0.39, 0.29) is 5.56 Å². The van der Waals surface area contributed by atoms with Crippen molar-refractivity contribution >= 4 is 44.9 Å². The van der Waals surface area contributed by atoms with Gasteiger partial charge in [0.1, 0.15) is 11.1 Å². The van der Waals surface area contributed by atoms with Crippen LogP contribution in [0.1, 0.15) is 10.4 Å². The highest BCUT2D eigenvalue weighted by Crippen LogP contribution is 2.30. The molecule has 5 nitrogen and oxygen atoms in total. The molecule has 0 fully saturated rings. The third-order valence-corrected chi connectivity index (χ3v) is 4.85. The lowest BCUT2D eigenvalue weighted by Crippen LogP contribution is -2.20. The molecule has 0 spiro atoms. The molecule has 2 aromatic heterocycles. The minimum absolute atomic E-state index is 0.0711. The molecule has 1 amide bonds. The fraction of sp³-hybridized carbons (Fsp3) is 0. The molecule has 0 saturated heterocycles. The molecule has 7 heteroatoms. The highest BCUT2D eigenvalue weighted by molar-refractivity contribution is 7.14. The lowest BCUT2D eigenvalue weighted by molar-refractivity contribution is 0.102. The van der Waals surface area contributed by atoms with E-state index < -0.39 is 11.5 Å². The van der Waals surface area contributed by atoms with Crippen LogP contribution in [0.4, 0.5) is 5.13 Å². The molecule has 0 unspecified atom stereocenters. The summed E-state index contributed by atoms with van der Waals surface area (Å²) in [6.07, 6.45) is 0. The van der Waals surface area contributed by atoms with E-state index in [1.807, 2.05) is 18.2 Å². The maximum atomic E-state index is 12.5. The molecule has 4 rings (SSSR count). The Labute approximate surface area is 156 Å². The maximum Gasteiger partial charge on any atom is 0.349 e. The zero-order valence-corrected chi connectivity index (χ0v) is 14.8.